The molecular weight excluding hydrogens is 270 g/mol. The summed E-state index contributed by atoms with van der Waals surface area (Å²) < 4.78 is 0.910. The van der Waals surface area contributed by atoms with Gasteiger partial charge in [-0.3, -0.25) is 15.2 Å². The van der Waals surface area contributed by atoms with E-state index in [9.17, 15) is 4.79 Å². The number of carbonyl (C=O) groups is 1. The molecule has 0 bridgehead atoms. The third-order valence-corrected chi connectivity index (χ3v) is 3.00. The molecular formula is C11H10BrN3O. The van der Waals surface area contributed by atoms with Crippen LogP contribution < -0.4 is 11.3 Å². The van der Waals surface area contributed by atoms with Gasteiger partial charge in [0.15, 0.2) is 0 Å². The molecule has 0 aliphatic rings. The topological polar surface area (TPSA) is 68.0 Å². The van der Waals surface area contributed by atoms with E-state index in [1.807, 2.05) is 18.2 Å². The molecule has 82 valence electrons. The quantitative estimate of drug-likeness (QED) is 0.476. The van der Waals surface area contributed by atoms with E-state index in [1.54, 1.807) is 13.0 Å². The van der Waals surface area contributed by atoms with E-state index in [1.165, 1.54) is 0 Å². The number of aromatic nitrogens is 1. The molecule has 0 unspecified atom stereocenters. The predicted octanol–water partition coefficient (Wildman–Crippen LogP) is 1.91. The Balaban J connectivity index is 2.72. The van der Waals surface area contributed by atoms with E-state index in [4.69, 9.17) is 5.84 Å². The summed E-state index contributed by atoms with van der Waals surface area (Å²) >= 11 is 3.42. The standard InChI is InChI=1S/C11H10BrN3O/c1-6-8(11(16)15-13)5-7-3-2-4-9(12)10(7)14-6/h2-5H,13H2,1H3,(H,15,16). The summed E-state index contributed by atoms with van der Waals surface area (Å²) in [6, 6.07) is 7.50. The van der Waals surface area contributed by atoms with Gasteiger partial charge in [0, 0.05) is 9.86 Å². The fourth-order valence-electron chi connectivity index (χ4n) is 1.56. The Morgan fingerprint density at radius 1 is 1.50 bits per heavy atom. The van der Waals surface area contributed by atoms with Crippen LogP contribution in [0.5, 0.6) is 0 Å². The van der Waals surface area contributed by atoms with Crippen molar-refractivity contribution in [1.29, 1.82) is 0 Å². The minimum atomic E-state index is -0.327. The molecule has 2 aromatic rings. The van der Waals surface area contributed by atoms with Crippen LogP contribution in [0.1, 0.15) is 16.1 Å². The van der Waals surface area contributed by atoms with Gasteiger partial charge in [0.2, 0.25) is 0 Å². The lowest BCUT2D eigenvalue weighted by Gasteiger charge is -2.06. The normalized spacial score (nSPS) is 10.4. The average Bonchev–Trinajstić information content (AvgIpc) is 2.29. The first-order chi connectivity index (χ1) is 7.63. The molecule has 4 nitrogen and oxygen atoms in total. The highest BCUT2D eigenvalue weighted by Gasteiger charge is 2.11. The zero-order chi connectivity index (χ0) is 11.7. The minimum absolute atomic E-state index is 0.327. The molecule has 0 fully saturated rings. The number of nitrogen functional groups attached to an aromatic ring is 1. The van der Waals surface area contributed by atoms with Gasteiger partial charge < -0.3 is 0 Å². The number of nitrogens with zero attached hydrogens (tertiary/aromatic N) is 1. The fourth-order valence-corrected chi connectivity index (χ4v) is 2.03. The molecule has 3 N–H and O–H groups in total. The van der Waals surface area contributed by atoms with Crippen molar-refractivity contribution in [3.05, 3.63) is 40.0 Å². The molecule has 0 radical (unpaired) electrons. The SMILES string of the molecule is Cc1nc2c(Br)cccc2cc1C(=O)NN. The van der Waals surface area contributed by atoms with Gasteiger partial charge in [-0.05, 0) is 35.0 Å². The first kappa shape index (κ1) is 11.0. The number of nitrogens with one attached hydrogen (secondary N) is 1. The maximum Gasteiger partial charge on any atom is 0.267 e. The van der Waals surface area contributed by atoms with E-state index in [0.29, 0.717) is 11.3 Å². The summed E-state index contributed by atoms with van der Waals surface area (Å²) in [5.74, 6) is 4.78. The van der Waals surface area contributed by atoms with Crippen LogP contribution in [0.2, 0.25) is 0 Å². The highest BCUT2D eigenvalue weighted by molar-refractivity contribution is 9.10. The number of fused-ring (bicyclic) bond motifs is 1. The van der Waals surface area contributed by atoms with Crippen LogP contribution in [0, 0.1) is 6.92 Å². The maximum absolute atomic E-state index is 11.5. The van der Waals surface area contributed by atoms with Gasteiger partial charge in [0.05, 0.1) is 16.8 Å². The summed E-state index contributed by atoms with van der Waals surface area (Å²) in [6.07, 6.45) is 0. The number of nitrogens with two attached hydrogens (primary N) is 1. The van der Waals surface area contributed by atoms with E-state index < -0.39 is 0 Å². The number of carbonyl (C=O) groups excluding carboxylic acids is 1. The Hall–Kier alpha value is -1.46. The van der Waals surface area contributed by atoms with Crippen LogP contribution in [0.15, 0.2) is 28.7 Å². The number of aryl methyl sites for hydroxylation is 1. The first-order valence-electron chi connectivity index (χ1n) is 4.70. The number of para-hydroxylation sites is 1. The highest BCUT2D eigenvalue weighted by atomic mass is 79.9. The second kappa shape index (κ2) is 4.19. The van der Waals surface area contributed by atoms with Gasteiger partial charge in [0.25, 0.3) is 5.91 Å². The number of benzene rings is 1. The molecule has 1 aromatic heterocycles. The van der Waals surface area contributed by atoms with E-state index >= 15 is 0 Å². The predicted molar refractivity (Wildman–Crippen MR) is 65.8 cm³/mol. The second-order valence-corrected chi connectivity index (χ2v) is 4.26. The van der Waals surface area contributed by atoms with Gasteiger partial charge >= 0.3 is 0 Å². The molecule has 5 heteroatoms. The molecule has 1 aromatic carbocycles. The van der Waals surface area contributed by atoms with Crippen molar-refractivity contribution >= 4 is 32.7 Å². The first-order valence-corrected chi connectivity index (χ1v) is 5.49. The molecule has 0 saturated carbocycles. The monoisotopic (exact) mass is 279 g/mol. The van der Waals surface area contributed by atoms with Crippen molar-refractivity contribution in [2.45, 2.75) is 6.92 Å². The van der Waals surface area contributed by atoms with Gasteiger partial charge in [-0.1, -0.05) is 12.1 Å². The second-order valence-electron chi connectivity index (χ2n) is 3.41. The Morgan fingerprint density at radius 2 is 2.25 bits per heavy atom. The Morgan fingerprint density at radius 3 is 2.94 bits per heavy atom. The smallest absolute Gasteiger partial charge is 0.267 e. The number of hydrogen-bond acceptors (Lipinski definition) is 3. The summed E-state index contributed by atoms with van der Waals surface area (Å²) in [5.41, 5.74) is 4.10. The molecule has 0 atom stereocenters. The molecule has 1 heterocycles. The van der Waals surface area contributed by atoms with E-state index in [2.05, 4.69) is 26.3 Å². The van der Waals surface area contributed by atoms with Crippen molar-refractivity contribution in [1.82, 2.24) is 10.4 Å². The molecule has 0 aliphatic carbocycles. The zero-order valence-corrected chi connectivity index (χ0v) is 10.2. The Bertz CT molecular complexity index is 568. The number of halogens is 1. The van der Waals surface area contributed by atoms with Crippen molar-refractivity contribution in [2.75, 3.05) is 0 Å². The number of amides is 1. The minimum Gasteiger partial charge on any atom is -0.290 e. The number of hydrogen-bond donors (Lipinski definition) is 2. The van der Waals surface area contributed by atoms with Crippen molar-refractivity contribution < 1.29 is 4.79 Å². The van der Waals surface area contributed by atoms with Crippen LogP contribution in [0.25, 0.3) is 10.9 Å². The van der Waals surface area contributed by atoms with Gasteiger partial charge in [-0.25, -0.2) is 5.84 Å². The Kier molecular flexibility index (Phi) is 2.89. The lowest BCUT2D eigenvalue weighted by Crippen LogP contribution is -2.30. The lowest BCUT2D eigenvalue weighted by molar-refractivity contribution is 0.0953. The van der Waals surface area contributed by atoms with E-state index in [-0.39, 0.29) is 5.91 Å². The van der Waals surface area contributed by atoms with Gasteiger partial charge in [0.1, 0.15) is 0 Å². The summed E-state index contributed by atoms with van der Waals surface area (Å²) in [5, 5.41) is 0.901. The molecule has 16 heavy (non-hydrogen) atoms. The lowest BCUT2D eigenvalue weighted by atomic mass is 10.1. The van der Waals surface area contributed by atoms with Crippen LogP contribution in [0.4, 0.5) is 0 Å². The number of hydrazine groups is 1. The third-order valence-electron chi connectivity index (χ3n) is 2.36. The molecule has 0 spiro atoms. The molecule has 0 saturated heterocycles. The fraction of sp³-hybridized carbons (Fsp3) is 0.0909. The number of rotatable bonds is 1. The van der Waals surface area contributed by atoms with Crippen molar-refractivity contribution in [3.8, 4) is 0 Å². The van der Waals surface area contributed by atoms with Crippen molar-refractivity contribution in [3.63, 3.8) is 0 Å². The third kappa shape index (κ3) is 1.79. The van der Waals surface area contributed by atoms with E-state index in [0.717, 1.165) is 15.4 Å². The number of pyridine rings is 1. The summed E-state index contributed by atoms with van der Waals surface area (Å²) in [6.45, 7) is 1.78. The molecule has 1 amide bonds. The highest BCUT2D eigenvalue weighted by Crippen LogP contribution is 2.23. The van der Waals surface area contributed by atoms with Crippen LogP contribution in [-0.4, -0.2) is 10.9 Å². The maximum atomic E-state index is 11.5. The van der Waals surface area contributed by atoms with Gasteiger partial charge in [-0.2, -0.15) is 0 Å². The van der Waals surface area contributed by atoms with Crippen LogP contribution in [-0.2, 0) is 0 Å². The summed E-state index contributed by atoms with van der Waals surface area (Å²) in [4.78, 5) is 15.9. The van der Waals surface area contributed by atoms with Crippen LogP contribution in [0.3, 0.4) is 0 Å². The van der Waals surface area contributed by atoms with Crippen molar-refractivity contribution in [2.24, 2.45) is 5.84 Å². The van der Waals surface area contributed by atoms with Gasteiger partial charge in [-0.15, -0.1) is 0 Å². The van der Waals surface area contributed by atoms with Crippen LogP contribution >= 0.6 is 15.9 Å². The average molecular weight is 280 g/mol. The molecule has 0 aliphatic heterocycles. The largest absolute Gasteiger partial charge is 0.290 e. The zero-order valence-electron chi connectivity index (χ0n) is 8.62. The summed E-state index contributed by atoms with van der Waals surface area (Å²) in [7, 11) is 0. The molecule has 2 rings (SSSR count). The Labute approximate surface area is 101 Å².